The summed E-state index contributed by atoms with van der Waals surface area (Å²) in [6.45, 7) is 1.94. The third-order valence-corrected chi connectivity index (χ3v) is 2.59. The lowest BCUT2D eigenvalue weighted by Crippen LogP contribution is -2.22. The number of amides is 1. The zero-order chi connectivity index (χ0) is 13.3. The minimum Gasteiger partial charge on any atom is -0.273 e. The highest BCUT2D eigenvalue weighted by Gasteiger charge is 2.42. The number of halogens is 3. The SMILES string of the molecule is Cc1cccc(CN2N=C(C(F)(F)F)CC2=O)c1. The predicted molar refractivity (Wildman–Crippen MR) is 59.8 cm³/mol. The van der Waals surface area contributed by atoms with E-state index >= 15 is 0 Å². The fourth-order valence-corrected chi connectivity index (χ4v) is 1.74. The van der Waals surface area contributed by atoms with Gasteiger partial charge in [-0.3, -0.25) is 4.79 Å². The summed E-state index contributed by atoms with van der Waals surface area (Å²) < 4.78 is 37.2. The third-order valence-electron chi connectivity index (χ3n) is 2.59. The third kappa shape index (κ3) is 2.69. The van der Waals surface area contributed by atoms with Crippen LogP contribution in [0.25, 0.3) is 0 Å². The molecule has 0 fully saturated rings. The van der Waals surface area contributed by atoms with E-state index in [2.05, 4.69) is 5.10 Å². The van der Waals surface area contributed by atoms with Gasteiger partial charge in [0.1, 0.15) is 0 Å². The van der Waals surface area contributed by atoms with Crippen LogP contribution in [0.5, 0.6) is 0 Å². The summed E-state index contributed by atoms with van der Waals surface area (Å²) in [5.74, 6) is -0.621. The van der Waals surface area contributed by atoms with Crippen molar-refractivity contribution in [3.63, 3.8) is 0 Å². The van der Waals surface area contributed by atoms with Gasteiger partial charge in [0.05, 0.1) is 13.0 Å². The van der Waals surface area contributed by atoms with Gasteiger partial charge in [0, 0.05) is 0 Å². The molecule has 1 heterocycles. The molecule has 0 bridgehead atoms. The van der Waals surface area contributed by atoms with Crippen LogP contribution in [-0.2, 0) is 11.3 Å². The van der Waals surface area contributed by atoms with Crippen LogP contribution < -0.4 is 0 Å². The highest BCUT2D eigenvalue weighted by molar-refractivity contribution is 6.07. The normalized spacial score (nSPS) is 16.1. The first-order valence-corrected chi connectivity index (χ1v) is 5.37. The Balaban J connectivity index is 2.15. The van der Waals surface area contributed by atoms with Crippen LogP contribution in [-0.4, -0.2) is 22.8 Å². The van der Waals surface area contributed by atoms with Gasteiger partial charge in [-0.1, -0.05) is 29.8 Å². The number of nitrogens with zero attached hydrogens (tertiary/aromatic N) is 2. The maximum absolute atomic E-state index is 12.4. The van der Waals surface area contributed by atoms with Crippen molar-refractivity contribution >= 4 is 11.6 Å². The van der Waals surface area contributed by atoms with Gasteiger partial charge >= 0.3 is 6.18 Å². The first-order chi connectivity index (χ1) is 8.36. The van der Waals surface area contributed by atoms with Crippen molar-refractivity contribution < 1.29 is 18.0 Å². The van der Waals surface area contributed by atoms with Gasteiger partial charge in [-0.15, -0.1) is 0 Å². The second-order valence-corrected chi connectivity index (χ2v) is 4.16. The molecule has 0 saturated heterocycles. The summed E-state index contributed by atoms with van der Waals surface area (Å²) in [7, 11) is 0. The number of carbonyl (C=O) groups is 1. The number of alkyl halides is 3. The van der Waals surface area contributed by atoms with Gasteiger partial charge in [0.25, 0.3) is 0 Å². The van der Waals surface area contributed by atoms with E-state index in [1.807, 2.05) is 19.1 Å². The number of hydrogen-bond acceptors (Lipinski definition) is 2. The standard InChI is InChI=1S/C12H11F3N2O/c1-8-3-2-4-9(5-8)7-17-11(18)6-10(16-17)12(13,14)15/h2-5H,6-7H2,1H3. The summed E-state index contributed by atoms with van der Waals surface area (Å²) in [5.41, 5.74) is 0.717. The predicted octanol–water partition coefficient (Wildman–Crippen LogP) is 2.65. The van der Waals surface area contributed by atoms with E-state index in [9.17, 15) is 18.0 Å². The molecule has 3 nitrogen and oxygen atoms in total. The topological polar surface area (TPSA) is 32.7 Å². The molecule has 0 atom stereocenters. The fourth-order valence-electron chi connectivity index (χ4n) is 1.74. The summed E-state index contributed by atoms with van der Waals surface area (Å²) >= 11 is 0. The second kappa shape index (κ2) is 4.44. The lowest BCUT2D eigenvalue weighted by atomic mass is 10.1. The van der Waals surface area contributed by atoms with E-state index in [0.717, 1.165) is 16.1 Å². The molecule has 0 aromatic heterocycles. The molecule has 0 spiro atoms. The van der Waals surface area contributed by atoms with E-state index < -0.39 is 24.2 Å². The van der Waals surface area contributed by atoms with Gasteiger partial charge in [-0.05, 0) is 12.5 Å². The number of benzene rings is 1. The molecular formula is C12H11F3N2O. The Morgan fingerprint density at radius 3 is 2.67 bits per heavy atom. The zero-order valence-electron chi connectivity index (χ0n) is 9.66. The van der Waals surface area contributed by atoms with Crippen LogP contribution in [0.1, 0.15) is 17.5 Å². The lowest BCUT2D eigenvalue weighted by Gasteiger charge is -2.11. The van der Waals surface area contributed by atoms with Crippen LogP contribution >= 0.6 is 0 Å². The van der Waals surface area contributed by atoms with Gasteiger partial charge in [0.2, 0.25) is 5.91 Å². The molecule has 0 radical (unpaired) electrons. The van der Waals surface area contributed by atoms with E-state index in [1.165, 1.54) is 0 Å². The maximum Gasteiger partial charge on any atom is 0.431 e. The van der Waals surface area contributed by atoms with Crippen molar-refractivity contribution in [3.05, 3.63) is 35.4 Å². The van der Waals surface area contributed by atoms with Crippen molar-refractivity contribution in [2.45, 2.75) is 26.1 Å². The van der Waals surface area contributed by atoms with Gasteiger partial charge in [-0.25, -0.2) is 5.01 Å². The Hall–Kier alpha value is -1.85. The van der Waals surface area contributed by atoms with Crippen LogP contribution in [0.15, 0.2) is 29.4 Å². The molecule has 1 amide bonds. The molecule has 0 N–H and O–H groups in total. The van der Waals surface area contributed by atoms with Crippen molar-refractivity contribution in [3.8, 4) is 0 Å². The van der Waals surface area contributed by atoms with Gasteiger partial charge in [0.15, 0.2) is 5.71 Å². The fraction of sp³-hybridized carbons (Fsp3) is 0.333. The van der Waals surface area contributed by atoms with Crippen LogP contribution in [0.2, 0.25) is 0 Å². The van der Waals surface area contributed by atoms with Gasteiger partial charge < -0.3 is 0 Å². The molecule has 1 aromatic carbocycles. The average molecular weight is 256 g/mol. The molecule has 18 heavy (non-hydrogen) atoms. The van der Waals surface area contributed by atoms with Crippen LogP contribution in [0.3, 0.4) is 0 Å². The monoisotopic (exact) mass is 256 g/mol. The smallest absolute Gasteiger partial charge is 0.273 e. The van der Waals surface area contributed by atoms with Crippen molar-refractivity contribution in [1.82, 2.24) is 5.01 Å². The molecule has 0 aliphatic carbocycles. The molecule has 96 valence electrons. The summed E-state index contributed by atoms with van der Waals surface area (Å²) in [5, 5.41) is 4.21. The van der Waals surface area contributed by atoms with Crippen LogP contribution in [0, 0.1) is 6.92 Å². The van der Waals surface area contributed by atoms with E-state index in [4.69, 9.17) is 0 Å². The van der Waals surface area contributed by atoms with E-state index in [-0.39, 0.29) is 6.54 Å². The molecular weight excluding hydrogens is 245 g/mol. The Morgan fingerprint density at radius 2 is 2.11 bits per heavy atom. The number of hydrogen-bond donors (Lipinski definition) is 0. The average Bonchev–Trinajstić information content (AvgIpc) is 2.60. The Morgan fingerprint density at radius 1 is 1.39 bits per heavy atom. The highest BCUT2D eigenvalue weighted by atomic mass is 19.4. The van der Waals surface area contributed by atoms with Gasteiger partial charge in [-0.2, -0.15) is 18.3 Å². The van der Waals surface area contributed by atoms with Crippen molar-refractivity contribution in [1.29, 1.82) is 0 Å². The largest absolute Gasteiger partial charge is 0.431 e. The van der Waals surface area contributed by atoms with Crippen molar-refractivity contribution in [2.24, 2.45) is 5.10 Å². The highest BCUT2D eigenvalue weighted by Crippen LogP contribution is 2.25. The number of rotatable bonds is 2. The Bertz CT molecular complexity index is 508. The van der Waals surface area contributed by atoms with E-state index in [1.54, 1.807) is 12.1 Å². The summed E-state index contributed by atoms with van der Waals surface area (Å²) in [6, 6.07) is 7.23. The molecule has 6 heteroatoms. The summed E-state index contributed by atoms with van der Waals surface area (Å²) in [6.07, 6.45) is -5.20. The van der Waals surface area contributed by atoms with E-state index in [0.29, 0.717) is 0 Å². The Kier molecular flexibility index (Phi) is 3.11. The number of carbonyl (C=O) groups excluding carboxylic acids is 1. The minimum atomic E-state index is -4.53. The zero-order valence-corrected chi connectivity index (χ0v) is 9.66. The molecule has 0 saturated carbocycles. The lowest BCUT2D eigenvalue weighted by molar-refractivity contribution is -0.129. The molecule has 1 aliphatic heterocycles. The number of hydrazone groups is 1. The second-order valence-electron chi connectivity index (χ2n) is 4.16. The first-order valence-electron chi connectivity index (χ1n) is 5.37. The molecule has 2 rings (SSSR count). The Labute approximate surface area is 102 Å². The molecule has 0 unspecified atom stereocenters. The first kappa shape index (κ1) is 12.6. The molecule has 1 aliphatic rings. The minimum absolute atomic E-state index is 0.0695. The number of aryl methyl sites for hydroxylation is 1. The van der Waals surface area contributed by atoms with Crippen molar-refractivity contribution in [2.75, 3.05) is 0 Å². The quantitative estimate of drug-likeness (QED) is 0.800. The van der Waals surface area contributed by atoms with Crippen LogP contribution in [0.4, 0.5) is 13.2 Å². The maximum atomic E-state index is 12.4. The summed E-state index contributed by atoms with van der Waals surface area (Å²) in [4.78, 5) is 11.4. The molecule has 1 aromatic rings.